The van der Waals surface area contributed by atoms with Gasteiger partial charge in [0, 0.05) is 0 Å². The number of sulfone groups is 1. The molecule has 0 fully saturated rings. The number of hydrogen-bond acceptors (Lipinski definition) is 5. The molecule has 1 aliphatic rings. The van der Waals surface area contributed by atoms with Crippen LogP contribution in [0.25, 0.3) is 6.08 Å². The van der Waals surface area contributed by atoms with Crippen molar-refractivity contribution in [1.82, 2.24) is 0 Å². The minimum atomic E-state index is -3.40. The van der Waals surface area contributed by atoms with Gasteiger partial charge in [-0.1, -0.05) is 36.3 Å². The molecule has 0 aliphatic carbocycles. The van der Waals surface area contributed by atoms with E-state index in [9.17, 15) is 23.7 Å². The number of aliphatic hydroxyl groups excluding tert-OH is 2. The Kier molecular flexibility index (Phi) is 6.43. The Morgan fingerprint density at radius 3 is 2.52 bits per heavy atom. The van der Waals surface area contributed by atoms with E-state index in [-0.39, 0.29) is 11.5 Å². The van der Waals surface area contributed by atoms with Crippen molar-refractivity contribution in [3.05, 3.63) is 46.5 Å². The van der Waals surface area contributed by atoms with Crippen LogP contribution in [0, 0.1) is 0 Å². The molecule has 1 aromatic carbocycles. The number of allylic oxidation sites excluding steroid dienone is 1. The van der Waals surface area contributed by atoms with E-state index in [2.05, 4.69) is 0 Å². The van der Waals surface area contributed by atoms with Gasteiger partial charge in [0.25, 0.3) is 0 Å². The molecule has 0 spiro atoms. The number of phenols is 1. The summed E-state index contributed by atoms with van der Waals surface area (Å²) in [6.07, 6.45) is 3.00. The lowest BCUT2D eigenvalue weighted by molar-refractivity contribution is 0.188. The molecule has 0 unspecified atom stereocenters. The van der Waals surface area contributed by atoms with Crippen LogP contribution in [0.5, 0.6) is 5.75 Å². The highest BCUT2D eigenvalue weighted by molar-refractivity contribution is 7.92. The lowest BCUT2D eigenvalue weighted by Gasteiger charge is -2.19. The summed E-state index contributed by atoms with van der Waals surface area (Å²) in [5, 5.41) is 28.3. The predicted molar refractivity (Wildman–Crippen MR) is 99.0 cm³/mol. The summed E-state index contributed by atoms with van der Waals surface area (Å²) in [6.45, 7) is 3.24. The molecular formula is C19H26O5S. The van der Waals surface area contributed by atoms with Crippen LogP contribution in [-0.2, 0) is 9.84 Å². The minimum absolute atomic E-state index is 0.0887. The van der Waals surface area contributed by atoms with Gasteiger partial charge in [-0.2, -0.15) is 0 Å². The highest BCUT2D eigenvalue weighted by Crippen LogP contribution is 2.31. The molecule has 0 saturated heterocycles. The molecule has 1 aromatic rings. The summed E-state index contributed by atoms with van der Waals surface area (Å²) in [7, 11) is -3.40. The maximum atomic E-state index is 12.0. The number of rotatable bonds is 7. The Morgan fingerprint density at radius 1 is 1.32 bits per heavy atom. The zero-order valence-corrected chi connectivity index (χ0v) is 15.5. The molecule has 138 valence electrons. The zero-order chi connectivity index (χ0) is 18.6. The average molecular weight is 366 g/mol. The van der Waals surface area contributed by atoms with Gasteiger partial charge in [0.2, 0.25) is 0 Å². The van der Waals surface area contributed by atoms with E-state index in [1.165, 1.54) is 0 Å². The summed E-state index contributed by atoms with van der Waals surface area (Å²) in [6, 6.07) is 6.88. The second-order valence-corrected chi connectivity index (χ2v) is 8.70. The van der Waals surface area contributed by atoms with Crippen LogP contribution >= 0.6 is 0 Å². The Balaban J connectivity index is 2.08. The van der Waals surface area contributed by atoms with Crippen molar-refractivity contribution in [2.24, 2.45) is 0 Å². The second kappa shape index (κ2) is 8.17. The van der Waals surface area contributed by atoms with Gasteiger partial charge in [0.1, 0.15) is 11.0 Å². The Morgan fingerprint density at radius 2 is 1.96 bits per heavy atom. The van der Waals surface area contributed by atoms with Gasteiger partial charge in [0.15, 0.2) is 9.84 Å². The highest BCUT2D eigenvalue weighted by atomic mass is 32.2. The lowest BCUT2D eigenvalue weighted by atomic mass is 9.94. The van der Waals surface area contributed by atoms with Gasteiger partial charge in [-0.05, 0) is 49.5 Å². The molecule has 1 heterocycles. The van der Waals surface area contributed by atoms with E-state index < -0.39 is 27.8 Å². The molecule has 1 aliphatic heterocycles. The van der Waals surface area contributed by atoms with Crippen molar-refractivity contribution in [2.75, 3.05) is 12.4 Å². The fourth-order valence-electron chi connectivity index (χ4n) is 3.30. The molecule has 0 radical (unpaired) electrons. The van der Waals surface area contributed by atoms with E-state index in [1.54, 1.807) is 19.1 Å². The molecule has 2 rings (SSSR count). The standard InChI is InChI=1S/C19H26O5S/c1-3-14(10-15-4-7-16(21)8-5-15)6-9-17(22)19-13(2)12-25(23,24)18(19)11-20/h4-5,7-8,10,17-18,20-22H,3,6,9,11-12H2,1-2H3/b14-10+/t17-,18+/m1/s1. The fourth-order valence-corrected chi connectivity index (χ4v) is 5.24. The Hall–Kier alpha value is -1.63. The van der Waals surface area contributed by atoms with Crippen LogP contribution in [0.3, 0.4) is 0 Å². The lowest BCUT2D eigenvalue weighted by Crippen LogP contribution is -2.29. The van der Waals surface area contributed by atoms with Gasteiger partial charge in [-0.3, -0.25) is 0 Å². The quantitative estimate of drug-likeness (QED) is 0.644. The molecule has 3 N–H and O–H groups in total. The van der Waals surface area contributed by atoms with Crippen molar-refractivity contribution >= 4 is 15.9 Å². The molecule has 0 aromatic heterocycles. The van der Waals surface area contributed by atoms with Crippen molar-refractivity contribution in [3.63, 3.8) is 0 Å². The monoisotopic (exact) mass is 366 g/mol. The van der Waals surface area contributed by atoms with Gasteiger partial charge >= 0.3 is 0 Å². The fraction of sp³-hybridized carbons (Fsp3) is 0.474. The minimum Gasteiger partial charge on any atom is -0.508 e. The van der Waals surface area contributed by atoms with E-state index in [4.69, 9.17) is 0 Å². The largest absolute Gasteiger partial charge is 0.508 e. The molecule has 2 atom stereocenters. The predicted octanol–water partition coefficient (Wildman–Crippen LogP) is 2.43. The van der Waals surface area contributed by atoms with E-state index in [1.807, 2.05) is 25.1 Å². The maximum Gasteiger partial charge on any atom is 0.163 e. The smallest absolute Gasteiger partial charge is 0.163 e. The van der Waals surface area contributed by atoms with Crippen LogP contribution in [0.2, 0.25) is 0 Å². The maximum absolute atomic E-state index is 12.0. The molecule has 0 saturated carbocycles. The third-order valence-corrected chi connectivity index (χ3v) is 6.78. The number of aromatic hydroxyl groups is 1. The van der Waals surface area contributed by atoms with Gasteiger partial charge in [-0.15, -0.1) is 0 Å². The molecule has 0 amide bonds. The van der Waals surface area contributed by atoms with Crippen LogP contribution in [-0.4, -0.2) is 47.5 Å². The average Bonchev–Trinajstić information content (AvgIpc) is 2.80. The van der Waals surface area contributed by atoms with E-state index in [0.29, 0.717) is 24.0 Å². The van der Waals surface area contributed by atoms with E-state index >= 15 is 0 Å². The van der Waals surface area contributed by atoms with Crippen LogP contribution in [0.15, 0.2) is 41.0 Å². The summed E-state index contributed by atoms with van der Waals surface area (Å²) < 4.78 is 24.1. The Labute approximate surface area is 149 Å². The second-order valence-electron chi connectivity index (χ2n) is 6.52. The van der Waals surface area contributed by atoms with Crippen LogP contribution in [0.4, 0.5) is 0 Å². The molecule has 25 heavy (non-hydrogen) atoms. The van der Waals surface area contributed by atoms with Crippen molar-refractivity contribution in [3.8, 4) is 5.75 Å². The molecule has 6 heteroatoms. The third kappa shape index (κ3) is 4.71. The number of hydrogen-bond donors (Lipinski definition) is 3. The SMILES string of the molecule is CC/C(=C\c1ccc(O)cc1)CC[C@@H](O)C1=C(C)CS(=O)(=O)[C@H]1CO. The summed E-state index contributed by atoms with van der Waals surface area (Å²) in [5.74, 6) is 0.125. The Bertz CT molecular complexity index is 760. The molecular weight excluding hydrogens is 340 g/mol. The van der Waals surface area contributed by atoms with E-state index in [0.717, 1.165) is 17.6 Å². The van der Waals surface area contributed by atoms with Crippen molar-refractivity contribution in [1.29, 1.82) is 0 Å². The molecule has 5 nitrogen and oxygen atoms in total. The van der Waals surface area contributed by atoms with Gasteiger partial charge < -0.3 is 15.3 Å². The van der Waals surface area contributed by atoms with Gasteiger partial charge in [-0.25, -0.2) is 8.42 Å². The van der Waals surface area contributed by atoms with Crippen molar-refractivity contribution < 1.29 is 23.7 Å². The number of phenolic OH excluding ortho intramolecular Hbond substituents is 1. The number of benzene rings is 1. The summed E-state index contributed by atoms with van der Waals surface area (Å²) in [4.78, 5) is 0. The first-order valence-electron chi connectivity index (χ1n) is 8.47. The third-order valence-electron chi connectivity index (χ3n) is 4.67. The van der Waals surface area contributed by atoms with Gasteiger partial charge in [0.05, 0.1) is 18.5 Å². The zero-order valence-electron chi connectivity index (χ0n) is 14.6. The first kappa shape index (κ1) is 19.7. The topological polar surface area (TPSA) is 94.8 Å². The normalized spacial score (nSPS) is 21.6. The first-order valence-corrected chi connectivity index (χ1v) is 10.2. The van der Waals surface area contributed by atoms with Crippen molar-refractivity contribution in [2.45, 2.75) is 44.5 Å². The molecule has 0 bridgehead atoms. The first-order chi connectivity index (χ1) is 11.8. The van der Waals surface area contributed by atoms with Crippen LogP contribution < -0.4 is 0 Å². The summed E-state index contributed by atoms with van der Waals surface area (Å²) in [5.41, 5.74) is 3.20. The summed E-state index contributed by atoms with van der Waals surface area (Å²) >= 11 is 0. The van der Waals surface area contributed by atoms with Crippen LogP contribution in [0.1, 0.15) is 38.7 Å². The number of aliphatic hydroxyl groups is 2. The highest BCUT2D eigenvalue weighted by Gasteiger charge is 2.39.